The first-order valence-corrected chi connectivity index (χ1v) is 8.80. The highest BCUT2D eigenvalue weighted by Gasteiger charge is 2.31. The lowest BCUT2D eigenvalue weighted by atomic mass is 9.91. The molecule has 0 bridgehead atoms. The number of aliphatic carboxylic acids is 1. The molecule has 0 aliphatic heterocycles. The van der Waals surface area contributed by atoms with Gasteiger partial charge in [-0.05, 0) is 44.4 Å². The van der Waals surface area contributed by atoms with E-state index in [9.17, 15) is 14.7 Å². The summed E-state index contributed by atoms with van der Waals surface area (Å²) in [6.45, 7) is 2.04. The molecule has 0 spiro atoms. The molecule has 1 aliphatic carbocycles. The van der Waals surface area contributed by atoms with Crippen molar-refractivity contribution < 1.29 is 19.8 Å². The normalized spacial score (nSPS) is 23.1. The molecule has 3 atom stereocenters. The molecule has 3 unspecified atom stereocenters. The number of hydrogen-bond donors (Lipinski definition) is 2. The average Bonchev–Trinajstić information content (AvgIpc) is 2.85. The number of carbonyl (C=O) groups is 2. The molecule has 0 aromatic carbocycles. The third-order valence-electron chi connectivity index (χ3n) is 4.39. The summed E-state index contributed by atoms with van der Waals surface area (Å²) >= 11 is 0. The molecule has 4 heteroatoms. The molecule has 130 valence electrons. The fraction of sp³-hybridized carbons (Fsp3) is 0.684. The molecule has 0 amide bonds. The minimum Gasteiger partial charge on any atom is -0.481 e. The van der Waals surface area contributed by atoms with Gasteiger partial charge < -0.3 is 10.2 Å². The Morgan fingerprint density at radius 3 is 2.83 bits per heavy atom. The monoisotopic (exact) mass is 322 g/mol. The molecular formula is C19H30O4. The van der Waals surface area contributed by atoms with Gasteiger partial charge in [-0.3, -0.25) is 9.59 Å². The molecule has 23 heavy (non-hydrogen) atoms. The number of allylic oxidation sites excluding steroid dienone is 3. The van der Waals surface area contributed by atoms with Crippen molar-refractivity contribution in [1.82, 2.24) is 0 Å². The van der Waals surface area contributed by atoms with Crippen molar-refractivity contribution in [3.8, 4) is 0 Å². The summed E-state index contributed by atoms with van der Waals surface area (Å²) in [4.78, 5) is 22.4. The number of Topliss-reactive ketones (excluding diaryl/α,β-unsaturated/α-hetero) is 1. The first kappa shape index (κ1) is 19.6. The van der Waals surface area contributed by atoms with Crippen LogP contribution in [0.5, 0.6) is 0 Å². The van der Waals surface area contributed by atoms with Gasteiger partial charge in [0.1, 0.15) is 5.78 Å². The van der Waals surface area contributed by atoms with Gasteiger partial charge in [0, 0.05) is 18.8 Å². The molecule has 1 rings (SSSR count). The van der Waals surface area contributed by atoms with Gasteiger partial charge >= 0.3 is 5.97 Å². The van der Waals surface area contributed by atoms with E-state index in [1.807, 2.05) is 19.1 Å². The first-order chi connectivity index (χ1) is 11.0. The number of carbonyl (C=O) groups excluding carboxylic acids is 1. The van der Waals surface area contributed by atoms with E-state index in [4.69, 9.17) is 5.11 Å². The summed E-state index contributed by atoms with van der Waals surface area (Å²) in [6.07, 6.45) is 14.2. The van der Waals surface area contributed by atoms with E-state index in [1.165, 1.54) is 0 Å². The zero-order valence-corrected chi connectivity index (χ0v) is 14.1. The van der Waals surface area contributed by atoms with Crippen LogP contribution in [0.15, 0.2) is 24.3 Å². The van der Waals surface area contributed by atoms with Crippen molar-refractivity contribution in [1.29, 1.82) is 0 Å². The molecule has 0 saturated heterocycles. The van der Waals surface area contributed by atoms with Crippen LogP contribution in [0.1, 0.15) is 64.7 Å². The smallest absolute Gasteiger partial charge is 0.303 e. The molecule has 4 nitrogen and oxygen atoms in total. The third-order valence-corrected chi connectivity index (χ3v) is 4.39. The molecule has 1 fully saturated rings. The van der Waals surface area contributed by atoms with Crippen molar-refractivity contribution in [2.24, 2.45) is 11.8 Å². The van der Waals surface area contributed by atoms with Crippen molar-refractivity contribution in [2.75, 3.05) is 0 Å². The highest BCUT2D eigenvalue weighted by molar-refractivity contribution is 5.83. The second kappa shape index (κ2) is 11.2. The predicted molar refractivity (Wildman–Crippen MR) is 91.1 cm³/mol. The maximum Gasteiger partial charge on any atom is 0.303 e. The van der Waals surface area contributed by atoms with Gasteiger partial charge in [0.25, 0.3) is 0 Å². The minimum atomic E-state index is -0.745. The quantitative estimate of drug-likeness (QED) is 0.447. The molecule has 0 aromatic rings. The van der Waals surface area contributed by atoms with E-state index in [2.05, 4.69) is 12.2 Å². The van der Waals surface area contributed by atoms with Gasteiger partial charge in [-0.1, -0.05) is 37.6 Å². The van der Waals surface area contributed by atoms with E-state index >= 15 is 0 Å². The number of unbranched alkanes of at least 4 members (excludes halogenated alkanes) is 2. The number of aliphatic hydroxyl groups is 1. The number of carboxylic acids is 1. The molecule has 0 aromatic heterocycles. The van der Waals surface area contributed by atoms with Crippen LogP contribution in [0.25, 0.3) is 0 Å². The molecule has 1 saturated carbocycles. The van der Waals surface area contributed by atoms with Crippen molar-refractivity contribution >= 4 is 11.8 Å². The van der Waals surface area contributed by atoms with E-state index in [-0.39, 0.29) is 18.3 Å². The van der Waals surface area contributed by atoms with E-state index in [1.54, 1.807) is 0 Å². The molecular weight excluding hydrogens is 292 g/mol. The fourth-order valence-electron chi connectivity index (χ4n) is 3.03. The van der Waals surface area contributed by atoms with Crippen LogP contribution < -0.4 is 0 Å². The number of carboxylic acid groups (broad SMARTS) is 1. The van der Waals surface area contributed by atoms with Crippen LogP contribution in [0.4, 0.5) is 0 Å². The van der Waals surface area contributed by atoms with E-state index < -0.39 is 12.1 Å². The molecule has 0 heterocycles. The van der Waals surface area contributed by atoms with Gasteiger partial charge in [-0.2, -0.15) is 0 Å². The van der Waals surface area contributed by atoms with Crippen LogP contribution in [0.2, 0.25) is 0 Å². The SMILES string of the molecule is CCCC(O)/C=C/C1CCC(=O)C1C/C=C/CCCCC(=O)O. The maximum atomic E-state index is 12.0. The highest BCUT2D eigenvalue weighted by atomic mass is 16.4. The van der Waals surface area contributed by atoms with Crippen molar-refractivity contribution in [3.05, 3.63) is 24.3 Å². The van der Waals surface area contributed by atoms with Crippen LogP contribution >= 0.6 is 0 Å². The summed E-state index contributed by atoms with van der Waals surface area (Å²) in [5.41, 5.74) is 0. The first-order valence-electron chi connectivity index (χ1n) is 8.80. The Morgan fingerprint density at radius 1 is 1.35 bits per heavy atom. The van der Waals surface area contributed by atoms with Crippen molar-refractivity contribution in [3.63, 3.8) is 0 Å². The Morgan fingerprint density at radius 2 is 2.13 bits per heavy atom. The van der Waals surface area contributed by atoms with E-state index in [0.717, 1.165) is 38.5 Å². The zero-order valence-electron chi connectivity index (χ0n) is 14.1. The standard InChI is InChI=1S/C19H30O4/c1-2-8-16(20)13-11-15-12-14-18(21)17(15)9-6-4-3-5-7-10-19(22)23/h4,6,11,13,15-17,20H,2-3,5,7-10,12,14H2,1H3,(H,22,23)/b6-4+,13-11+. The topological polar surface area (TPSA) is 74.6 Å². The molecule has 2 N–H and O–H groups in total. The number of ketones is 1. The van der Waals surface area contributed by atoms with Crippen molar-refractivity contribution in [2.45, 2.75) is 70.8 Å². The zero-order chi connectivity index (χ0) is 17.1. The molecule has 0 radical (unpaired) electrons. The Bertz CT molecular complexity index is 425. The van der Waals surface area contributed by atoms with Gasteiger partial charge in [-0.25, -0.2) is 0 Å². The number of rotatable bonds is 11. The lowest BCUT2D eigenvalue weighted by Crippen LogP contribution is -2.13. The predicted octanol–water partition coefficient (Wildman–Crippen LogP) is 3.89. The lowest BCUT2D eigenvalue weighted by Gasteiger charge is -2.13. The lowest BCUT2D eigenvalue weighted by molar-refractivity contribution is -0.137. The second-order valence-corrected chi connectivity index (χ2v) is 6.36. The van der Waals surface area contributed by atoms with Crippen LogP contribution in [0.3, 0.4) is 0 Å². The Hall–Kier alpha value is -1.42. The minimum absolute atomic E-state index is 0.0374. The summed E-state index contributed by atoms with van der Waals surface area (Å²) in [5.74, 6) is -0.147. The largest absolute Gasteiger partial charge is 0.481 e. The van der Waals surface area contributed by atoms with Gasteiger partial charge in [0.05, 0.1) is 6.10 Å². The van der Waals surface area contributed by atoms with Crippen LogP contribution in [-0.4, -0.2) is 28.1 Å². The second-order valence-electron chi connectivity index (χ2n) is 6.36. The van der Waals surface area contributed by atoms with Gasteiger partial charge in [0.15, 0.2) is 0 Å². The highest BCUT2D eigenvalue weighted by Crippen LogP contribution is 2.32. The van der Waals surface area contributed by atoms with Crippen LogP contribution in [-0.2, 0) is 9.59 Å². The Kier molecular flexibility index (Phi) is 9.53. The fourth-order valence-corrected chi connectivity index (χ4v) is 3.03. The molecule has 1 aliphatic rings. The Labute approximate surface area is 139 Å². The van der Waals surface area contributed by atoms with Crippen LogP contribution in [0, 0.1) is 11.8 Å². The Balaban J connectivity index is 2.34. The summed E-state index contributed by atoms with van der Waals surface area (Å²) in [6, 6.07) is 0. The number of aliphatic hydroxyl groups excluding tert-OH is 1. The number of hydrogen-bond acceptors (Lipinski definition) is 3. The van der Waals surface area contributed by atoms with Gasteiger partial charge in [-0.15, -0.1) is 0 Å². The van der Waals surface area contributed by atoms with E-state index in [0.29, 0.717) is 18.6 Å². The van der Waals surface area contributed by atoms with Gasteiger partial charge in [0.2, 0.25) is 0 Å². The summed E-state index contributed by atoms with van der Waals surface area (Å²) in [5, 5.41) is 18.3. The average molecular weight is 322 g/mol. The summed E-state index contributed by atoms with van der Waals surface area (Å²) in [7, 11) is 0. The maximum absolute atomic E-state index is 12.0. The summed E-state index contributed by atoms with van der Waals surface area (Å²) < 4.78 is 0. The third kappa shape index (κ3) is 8.12.